The van der Waals surface area contributed by atoms with E-state index in [4.69, 9.17) is 27.2 Å². The minimum atomic E-state index is -3.25. The van der Waals surface area contributed by atoms with E-state index >= 15 is 8.78 Å². The molecular formula is C20H16ClF2N7O. The first-order chi connectivity index (χ1) is 14.9. The lowest BCUT2D eigenvalue weighted by Crippen LogP contribution is -2.22. The molecule has 3 N–H and O–H groups in total. The van der Waals surface area contributed by atoms with Gasteiger partial charge in [-0.25, -0.2) is 9.61 Å². The second kappa shape index (κ2) is 8.20. The molecule has 2 aromatic carbocycles. The Morgan fingerprint density at radius 1 is 1.19 bits per heavy atom. The first-order valence-electron chi connectivity index (χ1n) is 9.23. The summed E-state index contributed by atoms with van der Waals surface area (Å²) in [6.07, 6.45) is 0.212. The van der Waals surface area contributed by atoms with Gasteiger partial charge in [-0.3, -0.25) is 0 Å². The molecule has 4 rings (SSSR count). The van der Waals surface area contributed by atoms with Crippen LogP contribution in [0.2, 0.25) is 5.02 Å². The Morgan fingerprint density at radius 2 is 1.97 bits per heavy atom. The van der Waals surface area contributed by atoms with Crippen molar-refractivity contribution in [1.82, 2.24) is 19.9 Å². The predicted molar refractivity (Wildman–Crippen MR) is 112 cm³/mol. The molecule has 0 radical (unpaired) electrons. The number of nitrogens with one attached hydrogen (secondary N) is 1. The molecule has 8 nitrogen and oxygen atoms in total. The number of hydrogen-bond acceptors (Lipinski definition) is 7. The summed E-state index contributed by atoms with van der Waals surface area (Å²) in [4.78, 5) is 4.45. The Balaban J connectivity index is 1.82. The standard InChI is InChI=1S/C20H16ClF2N7O/c21-14-3-1-4-15-16(14)27-19(17-18(29-31-28-17)26-10-2-9-24)30(15)11-20(22,23)12-5-7-13(25)8-6-12/h1,3-8H,2,10-11,25H2,(H,26,29). The summed E-state index contributed by atoms with van der Waals surface area (Å²) in [6.45, 7) is -0.451. The lowest BCUT2D eigenvalue weighted by atomic mass is 10.1. The van der Waals surface area contributed by atoms with Gasteiger partial charge in [0.25, 0.3) is 5.92 Å². The quantitative estimate of drug-likeness (QED) is 0.320. The van der Waals surface area contributed by atoms with Crippen molar-refractivity contribution in [1.29, 1.82) is 5.26 Å². The van der Waals surface area contributed by atoms with Gasteiger partial charge in [0.2, 0.25) is 5.82 Å². The number of para-hydroxylation sites is 1. The van der Waals surface area contributed by atoms with E-state index in [9.17, 15) is 0 Å². The van der Waals surface area contributed by atoms with Gasteiger partial charge in [-0.1, -0.05) is 29.8 Å². The Morgan fingerprint density at radius 3 is 2.71 bits per heavy atom. The Hall–Kier alpha value is -3.71. The van der Waals surface area contributed by atoms with Gasteiger partial charge in [-0.05, 0) is 34.6 Å². The summed E-state index contributed by atoms with van der Waals surface area (Å²) in [5.74, 6) is -2.94. The Bertz CT molecular complexity index is 1260. The third-order valence-electron chi connectivity index (χ3n) is 4.65. The number of halogens is 3. The van der Waals surface area contributed by atoms with Crippen molar-refractivity contribution in [2.24, 2.45) is 0 Å². The van der Waals surface area contributed by atoms with Crippen LogP contribution in [-0.4, -0.2) is 26.4 Å². The second-order valence-corrected chi connectivity index (χ2v) is 7.16. The van der Waals surface area contributed by atoms with Crippen LogP contribution in [0.15, 0.2) is 47.1 Å². The number of fused-ring (bicyclic) bond motifs is 1. The van der Waals surface area contributed by atoms with Crippen LogP contribution in [0.4, 0.5) is 20.3 Å². The maximum absolute atomic E-state index is 15.2. The van der Waals surface area contributed by atoms with Gasteiger partial charge in [-0.15, -0.1) is 0 Å². The maximum atomic E-state index is 15.2. The lowest BCUT2D eigenvalue weighted by molar-refractivity contribution is -0.0208. The zero-order valence-electron chi connectivity index (χ0n) is 16.0. The molecule has 0 atom stereocenters. The smallest absolute Gasteiger partial charge is 0.290 e. The molecule has 0 spiro atoms. The molecule has 0 bridgehead atoms. The van der Waals surface area contributed by atoms with Crippen molar-refractivity contribution in [2.45, 2.75) is 18.9 Å². The first kappa shape index (κ1) is 20.6. The molecule has 11 heteroatoms. The summed E-state index contributed by atoms with van der Waals surface area (Å²) in [7, 11) is 0. The van der Waals surface area contributed by atoms with Crippen LogP contribution in [0.25, 0.3) is 22.6 Å². The highest BCUT2D eigenvalue weighted by Crippen LogP contribution is 2.36. The number of benzene rings is 2. The van der Waals surface area contributed by atoms with Crippen LogP contribution in [-0.2, 0) is 12.5 Å². The van der Waals surface area contributed by atoms with E-state index in [1.54, 1.807) is 18.2 Å². The topological polar surface area (TPSA) is 119 Å². The number of nitriles is 1. The molecular weight excluding hydrogens is 428 g/mol. The first-order valence-corrected chi connectivity index (χ1v) is 9.61. The van der Waals surface area contributed by atoms with Crippen molar-refractivity contribution in [2.75, 3.05) is 17.6 Å². The van der Waals surface area contributed by atoms with Crippen LogP contribution in [0, 0.1) is 11.3 Å². The number of nitrogens with two attached hydrogens (primary N) is 1. The lowest BCUT2D eigenvalue weighted by Gasteiger charge is -2.19. The molecule has 0 aliphatic carbocycles. The monoisotopic (exact) mass is 443 g/mol. The van der Waals surface area contributed by atoms with E-state index in [-0.39, 0.29) is 35.9 Å². The van der Waals surface area contributed by atoms with Crippen LogP contribution in [0.1, 0.15) is 12.0 Å². The molecule has 158 valence electrons. The Kier molecular flexibility index (Phi) is 5.44. The molecule has 31 heavy (non-hydrogen) atoms. The minimum absolute atomic E-state index is 0.110. The fourth-order valence-corrected chi connectivity index (χ4v) is 3.37. The average Bonchev–Trinajstić information content (AvgIpc) is 3.34. The number of nitrogens with zero attached hydrogens (tertiary/aromatic N) is 5. The number of nitrogen functional groups attached to an aromatic ring is 1. The fourth-order valence-electron chi connectivity index (χ4n) is 3.16. The van der Waals surface area contributed by atoms with Crippen LogP contribution in [0.3, 0.4) is 0 Å². The normalized spacial score (nSPS) is 11.5. The van der Waals surface area contributed by atoms with Crippen molar-refractivity contribution < 1.29 is 13.4 Å². The molecule has 0 saturated carbocycles. The van der Waals surface area contributed by atoms with Gasteiger partial charge in [0.05, 0.1) is 29.6 Å². The summed E-state index contributed by atoms with van der Waals surface area (Å²) in [6, 6.07) is 12.3. The Labute approximate surface area is 180 Å². The van der Waals surface area contributed by atoms with E-state index in [0.29, 0.717) is 21.7 Å². The molecule has 2 aromatic heterocycles. The zero-order chi connectivity index (χ0) is 22.0. The average molecular weight is 444 g/mol. The number of aromatic nitrogens is 4. The molecule has 0 unspecified atom stereocenters. The highest BCUT2D eigenvalue weighted by molar-refractivity contribution is 6.35. The van der Waals surface area contributed by atoms with Gasteiger partial charge in [-0.2, -0.15) is 14.0 Å². The minimum Gasteiger partial charge on any atom is -0.399 e. The van der Waals surface area contributed by atoms with E-state index in [1.807, 2.05) is 6.07 Å². The van der Waals surface area contributed by atoms with E-state index < -0.39 is 12.5 Å². The fraction of sp³-hybridized carbons (Fsp3) is 0.200. The molecule has 0 aliphatic heterocycles. The van der Waals surface area contributed by atoms with E-state index in [2.05, 4.69) is 20.6 Å². The van der Waals surface area contributed by atoms with Gasteiger partial charge in [0.15, 0.2) is 11.5 Å². The largest absolute Gasteiger partial charge is 0.399 e. The van der Waals surface area contributed by atoms with Gasteiger partial charge >= 0.3 is 0 Å². The number of hydrogen-bond donors (Lipinski definition) is 2. The third kappa shape index (κ3) is 4.00. The molecule has 0 saturated heterocycles. The second-order valence-electron chi connectivity index (χ2n) is 6.75. The number of anilines is 2. The molecule has 2 heterocycles. The molecule has 0 fully saturated rings. The van der Waals surface area contributed by atoms with E-state index in [1.165, 1.54) is 28.8 Å². The molecule has 0 amide bonds. The van der Waals surface area contributed by atoms with Crippen molar-refractivity contribution in [3.05, 3.63) is 53.1 Å². The summed E-state index contributed by atoms with van der Waals surface area (Å²) in [5.41, 5.74) is 6.71. The highest BCUT2D eigenvalue weighted by Gasteiger charge is 2.35. The summed E-state index contributed by atoms with van der Waals surface area (Å²) < 4.78 is 36.6. The summed E-state index contributed by atoms with van der Waals surface area (Å²) >= 11 is 6.26. The van der Waals surface area contributed by atoms with E-state index in [0.717, 1.165) is 0 Å². The van der Waals surface area contributed by atoms with Crippen molar-refractivity contribution >= 4 is 34.1 Å². The molecule has 4 aromatic rings. The molecule has 0 aliphatic rings. The maximum Gasteiger partial charge on any atom is 0.290 e. The van der Waals surface area contributed by atoms with Gasteiger partial charge < -0.3 is 15.6 Å². The number of rotatable bonds is 7. The van der Waals surface area contributed by atoms with Crippen molar-refractivity contribution in [3.63, 3.8) is 0 Å². The van der Waals surface area contributed by atoms with Gasteiger partial charge in [0, 0.05) is 17.8 Å². The van der Waals surface area contributed by atoms with Crippen molar-refractivity contribution in [3.8, 4) is 17.6 Å². The SMILES string of the molecule is N#CCCNc1nonc1-c1nc2c(Cl)cccc2n1CC(F)(F)c1ccc(N)cc1. The van der Waals surface area contributed by atoms with Gasteiger partial charge in [0.1, 0.15) is 5.52 Å². The summed E-state index contributed by atoms with van der Waals surface area (Å²) in [5, 5.41) is 19.6. The van der Waals surface area contributed by atoms with Crippen LogP contribution < -0.4 is 11.1 Å². The number of imidazole rings is 1. The third-order valence-corrected chi connectivity index (χ3v) is 4.95. The van der Waals surface area contributed by atoms with Crippen LogP contribution >= 0.6 is 11.6 Å². The zero-order valence-corrected chi connectivity index (χ0v) is 16.8. The number of alkyl halides is 2. The highest BCUT2D eigenvalue weighted by atomic mass is 35.5. The predicted octanol–water partition coefficient (Wildman–Crippen LogP) is 4.44. The van der Waals surface area contributed by atoms with Crippen LogP contribution in [0.5, 0.6) is 0 Å².